The number of morpholine rings is 1. The Morgan fingerprint density at radius 1 is 1.03 bits per heavy atom. The van der Waals surface area contributed by atoms with Crippen molar-refractivity contribution in [1.29, 1.82) is 0 Å². The molecule has 0 bridgehead atoms. The first-order chi connectivity index (χ1) is 31.0. The molecule has 0 radical (unpaired) electrons. The largest absolute Gasteiger partial charge is 0.378 e. The number of anilines is 2. The quantitative estimate of drug-likeness (QED) is 0.176. The predicted molar refractivity (Wildman–Crippen MR) is 227 cm³/mol. The summed E-state index contributed by atoms with van der Waals surface area (Å²) in [6, 6.07) is 6.66. The van der Waals surface area contributed by atoms with E-state index in [0.29, 0.717) is 75.0 Å². The van der Waals surface area contributed by atoms with Gasteiger partial charge in [0, 0.05) is 58.6 Å². The van der Waals surface area contributed by atoms with Gasteiger partial charge in [0.15, 0.2) is 11.3 Å². The molecule has 20 heteroatoms. The van der Waals surface area contributed by atoms with Gasteiger partial charge in [0.2, 0.25) is 11.8 Å². The van der Waals surface area contributed by atoms with Crippen LogP contribution in [0.1, 0.15) is 104 Å². The molecule has 1 unspecified atom stereocenters. The Morgan fingerprint density at radius 2 is 1.83 bits per heavy atom. The number of para-hydroxylation sites is 1. The van der Waals surface area contributed by atoms with E-state index in [2.05, 4.69) is 35.6 Å². The molecular weight excluding hydrogens is 836 g/mol. The molecule has 5 aromatic rings. The first-order valence-corrected chi connectivity index (χ1v) is 22.4. The van der Waals surface area contributed by atoms with Gasteiger partial charge in [0.05, 0.1) is 54.4 Å². The highest BCUT2D eigenvalue weighted by Gasteiger charge is 2.40. The summed E-state index contributed by atoms with van der Waals surface area (Å²) < 4.78 is 62.1. The molecule has 3 atom stereocenters. The summed E-state index contributed by atoms with van der Waals surface area (Å²) in [5.41, 5.74) is 2.05. The van der Waals surface area contributed by atoms with Crippen molar-refractivity contribution in [3.63, 3.8) is 0 Å². The summed E-state index contributed by atoms with van der Waals surface area (Å²) in [6.45, 7) is 4.21. The lowest BCUT2D eigenvalue weighted by molar-refractivity contribution is -0.135. The number of nitrogens with one attached hydrogen (secondary N) is 2. The zero-order valence-electron chi connectivity index (χ0n) is 35.6. The third-order valence-electron chi connectivity index (χ3n) is 14.0. The predicted octanol–water partition coefficient (Wildman–Crippen LogP) is 4.69. The van der Waals surface area contributed by atoms with Crippen LogP contribution in [0.3, 0.4) is 0 Å². The van der Waals surface area contributed by atoms with Crippen molar-refractivity contribution < 1.29 is 37.0 Å². The number of hydrogen-bond donors (Lipinski definition) is 2. The zero-order valence-corrected chi connectivity index (χ0v) is 35.6. The average Bonchev–Trinajstić information content (AvgIpc) is 3.97. The topological polar surface area (TPSA) is 175 Å². The number of halogens is 3. The number of ether oxygens (including phenoxy) is 2. The SMILES string of the molecule is Cn1c(=O)n(C2CCC(=O)NC2=O)c2cccc([C@H]3C[C@H](O[C@@H]4CCN(CC5CCC(n6cc(NC(=O)c7cnn8ccc(N9CCOCC9)nc78)c(C(F)F)n6)CC5)C[C@H]4F)C3)c21. The number of fused-ring (bicyclic) bond motifs is 2. The Hall–Kier alpha value is -5.60. The van der Waals surface area contributed by atoms with Gasteiger partial charge in [-0.3, -0.25) is 38.4 Å². The van der Waals surface area contributed by atoms with Crippen molar-refractivity contribution in [3.8, 4) is 0 Å². The minimum atomic E-state index is -2.90. The van der Waals surface area contributed by atoms with Crippen molar-refractivity contribution in [2.24, 2.45) is 13.0 Å². The zero-order chi connectivity index (χ0) is 44.2. The van der Waals surface area contributed by atoms with E-state index in [-0.39, 0.29) is 60.3 Å². The summed E-state index contributed by atoms with van der Waals surface area (Å²) in [4.78, 5) is 60.2. The molecule has 2 N–H and O–H groups in total. The fourth-order valence-electron chi connectivity index (χ4n) is 10.5. The van der Waals surface area contributed by atoms with Crippen molar-refractivity contribution in [1.82, 2.24) is 43.7 Å². The second kappa shape index (κ2) is 17.4. The van der Waals surface area contributed by atoms with Crippen LogP contribution in [0.2, 0.25) is 0 Å². The molecule has 2 saturated carbocycles. The lowest BCUT2D eigenvalue weighted by atomic mass is 9.76. The molecule has 0 spiro atoms. The minimum Gasteiger partial charge on any atom is -0.378 e. The number of amides is 3. The monoisotopic (exact) mass is 887 g/mol. The van der Waals surface area contributed by atoms with Crippen LogP contribution in [0, 0.1) is 5.92 Å². The van der Waals surface area contributed by atoms with Crippen LogP contribution in [-0.2, 0) is 26.1 Å². The fraction of sp³-hybridized carbons (Fsp3) is 0.568. The molecule has 10 rings (SSSR count). The number of rotatable bonds is 11. The van der Waals surface area contributed by atoms with Crippen LogP contribution in [0.4, 0.5) is 24.7 Å². The molecule has 2 aliphatic carbocycles. The third kappa shape index (κ3) is 8.08. The number of imidazole rings is 1. The number of likely N-dealkylation sites (tertiary alicyclic amines) is 1. The molecule has 5 aliphatic rings. The summed E-state index contributed by atoms with van der Waals surface area (Å²) in [7, 11) is 1.70. The number of carbonyl (C=O) groups is 3. The smallest absolute Gasteiger partial charge is 0.329 e. The number of imide groups is 1. The Kier molecular flexibility index (Phi) is 11.5. The van der Waals surface area contributed by atoms with Crippen LogP contribution in [0.5, 0.6) is 0 Å². The van der Waals surface area contributed by atoms with E-state index >= 15 is 4.39 Å². The average molecular weight is 888 g/mol. The van der Waals surface area contributed by atoms with Crippen LogP contribution < -0.4 is 21.2 Å². The highest BCUT2D eigenvalue weighted by Crippen LogP contribution is 2.43. The van der Waals surface area contributed by atoms with Crippen LogP contribution in [-0.4, -0.2) is 120 Å². The second-order valence-electron chi connectivity index (χ2n) is 18.0. The minimum absolute atomic E-state index is 0.0478. The number of benzene rings is 1. The number of piperidine rings is 2. The van der Waals surface area contributed by atoms with Gasteiger partial charge in [0.25, 0.3) is 12.3 Å². The van der Waals surface area contributed by atoms with E-state index in [1.54, 1.807) is 22.5 Å². The van der Waals surface area contributed by atoms with Crippen LogP contribution in [0.25, 0.3) is 16.7 Å². The first-order valence-electron chi connectivity index (χ1n) is 22.4. The third-order valence-corrected chi connectivity index (χ3v) is 14.0. The van der Waals surface area contributed by atoms with E-state index in [1.165, 1.54) is 21.5 Å². The molecule has 3 saturated heterocycles. The highest BCUT2D eigenvalue weighted by molar-refractivity contribution is 6.08. The van der Waals surface area contributed by atoms with Gasteiger partial charge in [-0.05, 0) is 80.9 Å². The summed E-state index contributed by atoms with van der Waals surface area (Å²) in [5, 5.41) is 13.5. The molecule has 3 aliphatic heterocycles. The van der Waals surface area contributed by atoms with Gasteiger partial charge in [-0.25, -0.2) is 27.5 Å². The lowest BCUT2D eigenvalue weighted by Crippen LogP contribution is -2.49. The normalized spacial score (nSPS) is 27.0. The second-order valence-corrected chi connectivity index (χ2v) is 18.0. The van der Waals surface area contributed by atoms with Gasteiger partial charge in [-0.1, -0.05) is 12.1 Å². The van der Waals surface area contributed by atoms with E-state index in [9.17, 15) is 28.0 Å². The summed E-state index contributed by atoms with van der Waals surface area (Å²) in [6.07, 6.45) is 5.48. The van der Waals surface area contributed by atoms with E-state index < -0.39 is 42.3 Å². The molecular formula is C44H52F3N11O6. The van der Waals surface area contributed by atoms with Crippen molar-refractivity contribution in [2.45, 2.75) is 101 Å². The molecule has 17 nitrogen and oxygen atoms in total. The Morgan fingerprint density at radius 3 is 2.58 bits per heavy atom. The Labute approximate surface area is 365 Å². The number of alkyl halides is 3. The number of nitrogens with zero attached hydrogens (tertiary/aromatic N) is 9. The van der Waals surface area contributed by atoms with Gasteiger partial charge < -0.3 is 19.7 Å². The molecule has 7 heterocycles. The maximum atomic E-state index is 15.7. The Balaban J connectivity index is 0.704. The summed E-state index contributed by atoms with van der Waals surface area (Å²) in [5.74, 6) is -0.288. The van der Waals surface area contributed by atoms with E-state index in [1.807, 2.05) is 24.3 Å². The van der Waals surface area contributed by atoms with Crippen molar-refractivity contribution in [3.05, 3.63) is 70.2 Å². The van der Waals surface area contributed by atoms with Crippen molar-refractivity contribution >= 4 is 45.9 Å². The van der Waals surface area contributed by atoms with E-state index in [4.69, 9.17) is 9.47 Å². The lowest BCUT2D eigenvalue weighted by Gasteiger charge is -2.42. The number of hydrogen-bond acceptors (Lipinski definition) is 11. The number of carbonyl (C=O) groups excluding carboxylic acids is 3. The van der Waals surface area contributed by atoms with Gasteiger partial charge >= 0.3 is 5.69 Å². The van der Waals surface area contributed by atoms with Gasteiger partial charge in [-0.2, -0.15) is 10.2 Å². The van der Waals surface area contributed by atoms with Gasteiger partial charge in [0.1, 0.15) is 23.6 Å². The number of aryl methyl sites for hydroxylation is 1. The van der Waals surface area contributed by atoms with Crippen LogP contribution >= 0.6 is 0 Å². The molecule has 64 heavy (non-hydrogen) atoms. The van der Waals surface area contributed by atoms with Crippen LogP contribution in [0.15, 0.2) is 47.7 Å². The molecule has 340 valence electrons. The molecule has 5 fully saturated rings. The Bertz CT molecular complexity index is 2620. The van der Waals surface area contributed by atoms with Crippen molar-refractivity contribution in [2.75, 3.05) is 56.2 Å². The standard InChI is InChI=1S/C44H52F3N11O6/c1-53-39-29(3-2-4-33(39)58(44(53)62)34-9-10-37(59)51-43(34)61)26-19-28(20-26)64-35-11-13-54(23-31(35)45)22-25-5-7-27(8-6-25)57-24-32(38(52-57)40(46)47)49-42(60)30-21-48-56-14-12-36(50-41(30)56)55-15-17-63-18-16-55/h2-4,12,14,21,24-28,31,34-35,40H,5-11,13,15-20,22-23H2,1H3,(H,49,60)(H,51,59,61)/t25?,26-,27?,28-,31-,34?,35-/m1/s1. The maximum absolute atomic E-state index is 15.7. The van der Waals surface area contributed by atoms with Gasteiger partial charge in [-0.15, -0.1) is 0 Å². The molecule has 4 aromatic heterocycles. The van der Waals surface area contributed by atoms with E-state index in [0.717, 1.165) is 43.3 Å². The highest BCUT2D eigenvalue weighted by atomic mass is 19.3. The number of aromatic nitrogens is 7. The summed E-state index contributed by atoms with van der Waals surface area (Å²) >= 11 is 0. The molecule has 3 amide bonds. The fourth-order valence-corrected chi connectivity index (χ4v) is 10.5. The molecule has 1 aromatic carbocycles. The first kappa shape index (κ1) is 42.4. The maximum Gasteiger partial charge on any atom is 0.329 e.